The van der Waals surface area contributed by atoms with Crippen molar-refractivity contribution in [3.8, 4) is 11.9 Å². The molecule has 2 fully saturated rings. The molecule has 3 aromatic heterocycles. The summed E-state index contributed by atoms with van der Waals surface area (Å²) in [7, 11) is 0. The van der Waals surface area contributed by atoms with E-state index < -0.39 is 5.69 Å². The molecule has 0 aromatic carbocycles. The lowest BCUT2D eigenvalue weighted by Crippen LogP contribution is -2.27. The smallest absolute Gasteiger partial charge is 0.326 e. The van der Waals surface area contributed by atoms with Crippen molar-refractivity contribution < 1.29 is 5.11 Å². The van der Waals surface area contributed by atoms with E-state index in [1.54, 1.807) is 16.8 Å². The largest absolute Gasteiger partial charge is 0.493 e. The van der Waals surface area contributed by atoms with Gasteiger partial charge in [0.05, 0.1) is 12.2 Å². The van der Waals surface area contributed by atoms with Gasteiger partial charge in [-0.1, -0.05) is 0 Å². The average Bonchev–Trinajstić information content (AvgIpc) is 3.60. The molecule has 0 unspecified atom stereocenters. The first-order valence-corrected chi connectivity index (χ1v) is 9.68. The number of rotatable bonds is 5. The van der Waals surface area contributed by atoms with Crippen LogP contribution in [0.25, 0.3) is 11.7 Å². The average molecular weight is 392 g/mol. The van der Waals surface area contributed by atoms with Crippen LogP contribution in [0.15, 0.2) is 16.0 Å². The van der Waals surface area contributed by atoms with Crippen LogP contribution in [0, 0.1) is 17.2 Å². The highest BCUT2D eigenvalue weighted by atomic mass is 16.3. The second-order valence-electron chi connectivity index (χ2n) is 7.72. The van der Waals surface area contributed by atoms with Crippen LogP contribution in [0.4, 0.5) is 5.82 Å². The molecule has 5 rings (SSSR count). The quantitative estimate of drug-likeness (QED) is 0.486. The minimum atomic E-state index is -0.505. The van der Waals surface area contributed by atoms with Crippen molar-refractivity contribution in [3.63, 3.8) is 0 Å². The van der Waals surface area contributed by atoms with E-state index in [-0.39, 0.29) is 23.7 Å². The molecule has 1 atom stereocenters. The van der Waals surface area contributed by atoms with Gasteiger partial charge < -0.3 is 15.4 Å². The molecule has 2 saturated carbocycles. The van der Waals surface area contributed by atoms with Crippen molar-refractivity contribution in [3.05, 3.63) is 38.6 Å². The number of nitrogens with zero attached hydrogens (tertiary/aromatic N) is 5. The normalized spacial score (nSPS) is 18.9. The Bertz CT molecular complexity index is 1320. The number of aromatic hydroxyl groups is 1. The van der Waals surface area contributed by atoms with Crippen molar-refractivity contribution in [1.29, 1.82) is 5.26 Å². The van der Waals surface area contributed by atoms with E-state index in [1.165, 1.54) is 12.8 Å². The molecule has 10 nitrogen and oxygen atoms in total. The zero-order chi connectivity index (χ0) is 20.1. The van der Waals surface area contributed by atoms with E-state index in [1.807, 2.05) is 0 Å². The summed E-state index contributed by atoms with van der Waals surface area (Å²) in [5.41, 5.74) is 1.09. The van der Waals surface area contributed by atoms with Crippen LogP contribution in [0.3, 0.4) is 0 Å². The first kappa shape index (κ1) is 17.5. The first-order valence-electron chi connectivity index (χ1n) is 9.68. The SMILES string of the molecule is C[C@@H](Nc1nc2/c(=C/c3[nH]c(=O)[nH]c3O)cnn2c(=NC2CC2)c1C#N)C1CC1. The van der Waals surface area contributed by atoms with Gasteiger partial charge in [-0.3, -0.25) is 9.98 Å². The van der Waals surface area contributed by atoms with Gasteiger partial charge in [-0.15, -0.1) is 0 Å². The number of hydrogen-bond donors (Lipinski definition) is 4. The summed E-state index contributed by atoms with van der Waals surface area (Å²) >= 11 is 0. The van der Waals surface area contributed by atoms with E-state index >= 15 is 0 Å². The van der Waals surface area contributed by atoms with E-state index in [4.69, 9.17) is 4.99 Å². The van der Waals surface area contributed by atoms with Crippen LogP contribution in [0.2, 0.25) is 0 Å². The minimum Gasteiger partial charge on any atom is -0.493 e. The van der Waals surface area contributed by atoms with Crippen molar-refractivity contribution >= 4 is 17.5 Å². The molecule has 2 aliphatic rings. The highest BCUT2D eigenvalue weighted by Gasteiger charge is 2.29. The molecular formula is C19H20N8O2. The van der Waals surface area contributed by atoms with E-state index in [0.29, 0.717) is 33.7 Å². The van der Waals surface area contributed by atoms with E-state index in [9.17, 15) is 15.2 Å². The molecule has 3 aromatic rings. The molecule has 29 heavy (non-hydrogen) atoms. The topological polar surface area (TPSA) is 147 Å². The Balaban J connectivity index is 1.74. The highest BCUT2D eigenvalue weighted by Crippen LogP contribution is 2.34. The predicted octanol–water partition coefficient (Wildman–Crippen LogP) is 0.144. The van der Waals surface area contributed by atoms with Gasteiger partial charge in [0.25, 0.3) is 0 Å². The third-order valence-electron chi connectivity index (χ3n) is 5.34. The Hall–Kier alpha value is -3.61. The van der Waals surface area contributed by atoms with Crippen LogP contribution >= 0.6 is 0 Å². The Morgan fingerprint density at radius 2 is 2.21 bits per heavy atom. The second kappa shape index (κ2) is 6.48. The first-order chi connectivity index (χ1) is 14.0. The van der Waals surface area contributed by atoms with Crippen molar-refractivity contribution in [2.45, 2.75) is 44.7 Å². The summed E-state index contributed by atoms with van der Waals surface area (Å²) in [6.07, 6.45) is 7.49. The number of nitriles is 1. The number of fused-ring (bicyclic) bond motifs is 1. The van der Waals surface area contributed by atoms with E-state index in [0.717, 1.165) is 12.8 Å². The molecular weight excluding hydrogens is 372 g/mol. The molecule has 4 N–H and O–H groups in total. The van der Waals surface area contributed by atoms with Gasteiger partial charge in [-0.2, -0.15) is 14.9 Å². The zero-order valence-corrected chi connectivity index (χ0v) is 15.8. The summed E-state index contributed by atoms with van der Waals surface area (Å²) in [5, 5.41) is 28.0. The van der Waals surface area contributed by atoms with Crippen LogP contribution in [-0.4, -0.2) is 41.8 Å². The molecule has 0 bridgehead atoms. The van der Waals surface area contributed by atoms with Gasteiger partial charge in [-0.25, -0.2) is 9.78 Å². The van der Waals surface area contributed by atoms with Crippen LogP contribution in [-0.2, 0) is 0 Å². The highest BCUT2D eigenvalue weighted by molar-refractivity contribution is 5.61. The Kier molecular flexibility index (Phi) is 3.91. The van der Waals surface area contributed by atoms with Gasteiger partial charge >= 0.3 is 5.69 Å². The third kappa shape index (κ3) is 3.24. The lowest BCUT2D eigenvalue weighted by atomic mass is 10.2. The maximum absolute atomic E-state index is 11.4. The molecule has 0 amide bonds. The maximum atomic E-state index is 11.4. The van der Waals surface area contributed by atoms with Crippen LogP contribution in [0.1, 0.15) is 43.9 Å². The van der Waals surface area contributed by atoms with Crippen LogP contribution < -0.4 is 21.7 Å². The maximum Gasteiger partial charge on any atom is 0.326 e. The lowest BCUT2D eigenvalue weighted by molar-refractivity contribution is 0.454. The second-order valence-corrected chi connectivity index (χ2v) is 7.72. The third-order valence-corrected chi connectivity index (χ3v) is 5.34. The predicted molar refractivity (Wildman–Crippen MR) is 104 cm³/mol. The van der Waals surface area contributed by atoms with Gasteiger partial charge in [0.1, 0.15) is 17.3 Å². The summed E-state index contributed by atoms with van der Waals surface area (Å²) in [6, 6.07) is 2.64. The fraction of sp³-hybridized carbons (Fsp3) is 0.421. The lowest BCUT2D eigenvalue weighted by Gasteiger charge is -2.15. The fourth-order valence-corrected chi connectivity index (χ4v) is 3.38. The van der Waals surface area contributed by atoms with Crippen LogP contribution in [0.5, 0.6) is 5.88 Å². The van der Waals surface area contributed by atoms with Crippen molar-refractivity contribution in [2.75, 3.05) is 5.32 Å². The molecule has 0 radical (unpaired) electrons. The van der Waals surface area contributed by atoms with Crippen molar-refractivity contribution in [1.82, 2.24) is 24.6 Å². The Morgan fingerprint density at radius 3 is 2.83 bits per heavy atom. The standard InChI is InChI=1S/C19H20N8O2/c1-9(10-2-3-10)22-15-13(7-20)17(23-12-4-5-12)27-16(25-15)11(8-21-27)6-14-18(28)26-19(29)24-14/h6,8-10,12,22,28H,2-5H2,1H3,(H2,24,26,29)/b11-6+,23-17?/t9-/m1/s1. The molecule has 2 aliphatic carbocycles. The van der Waals surface area contributed by atoms with Gasteiger partial charge in [0, 0.05) is 11.3 Å². The molecule has 0 spiro atoms. The summed E-state index contributed by atoms with van der Waals surface area (Å²) in [6.45, 7) is 2.09. The van der Waals surface area contributed by atoms with Crippen molar-refractivity contribution in [2.24, 2.45) is 10.9 Å². The van der Waals surface area contributed by atoms with Gasteiger partial charge in [0.15, 0.2) is 17.0 Å². The number of aromatic nitrogens is 5. The number of aromatic amines is 2. The number of anilines is 1. The summed E-state index contributed by atoms with van der Waals surface area (Å²) in [4.78, 5) is 25.6. The Labute approximate surface area is 164 Å². The number of imidazole rings is 1. The Morgan fingerprint density at radius 1 is 1.41 bits per heavy atom. The molecule has 148 valence electrons. The van der Waals surface area contributed by atoms with Gasteiger partial charge in [0.2, 0.25) is 5.88 Å². The fourth-order valence-electron chi connectivity index (χ4n) is 3.38. The minimum absolute atomic E-state index is 0.197. The van der Waals surface area contributed by atoms with Gasteiger partial charge in [-0.05, 0) is 44.6 Å². The molecule has 3 heterocycles. The molecule has 10 heteroatoms. The molecule has 0 aliphatic heterocycles. The number of hydrogen-bond acceptors (Lipinski definition) is 7. The van der Waals surface area contributed by atoms with E-state index in [2.05, 4.69) is 38.4 Å². The number of H-pyrrole nitrogens is 2. The summed E-state index contributed by atoms with van der Waals surface area (Å²) in [5.74, 6) is 0.813. The summed E-state index contributed by atoms with van der Waals surface area (Å²) < 4.78 is 1.55. The number of nitrogens with one attached hydrogen (secondary N) is 3. The zero-order valence-electron chi connectivity index (χ0n) is 15.8. The molecule has 0 saturated heterocycles. The monoisotopic (exact) mass is 392 g/mol.